The highest BCUT2D eigenvalue weighted by Gasteiger charge is 2.11. The lowest BCUT2D eigenvalue weighted by Gasteiger charge is -2.07. The van der Waals surface area contributed by atoms with Gasteiger partial charge in [-0.3, -0.25) is 4.79 Å². The first-order chi connectivity index (χ1) is 11.6. The predicted octanol–water partition coefficient (Wildman–Crippen LogP) is 2.91. The Balaban J connectivity index is 1.64. The summed E-state index contributed by atoms with van der Waals surface area (Å²) in [4.78, 5) is 24.1. The number of aryl methyl sites for hydroxylation is 1. The molecule has 0 radical (unpaired) electrons. The van der Waals surface area contributed by atoms with Crippen LogP contribution in [0.25, 0.3) is 10.8 Å². The normalized spacial score (nSPS) is 10.5. The van der Waals surface area contributed by atoms with Crippen molar-refractivity contribution in [2.45, 2.75) is 6.92 Å². The fourth-order valence-corrected chi connectivity index (χ4v) is 2.35. The molecule has 0 saturated heterocycles. The minimum absolute atomic E-state index is 0.00364. The Labute approximate surface area is 138 Å². The predicted molar refractivity (Wildman–Crippen MR) is 91.5 cm³/mol. The summed E-state index contributed by atoms with van der Waals surface area (Å²) in [5, 5.41) is 3.83. The Morgan fingerprint density at radius 2 is 1.92 bits per heavy atom. The summed E-state index contributed by atoms with van der Waals surface area (Å²) in [6.07, 6.45) is 0. The molecule has 0 saturated carbocycles. The number of para-hydroxylation sites is 1. The van der Waals surface area contributed by atoms with E-state index in [-0.39, 0.29) is 5.76 Å². The van der Waals surface area contributed by atoms with Gasteiger partial charge in [-0.25, -0.2) is 4.79 Å². The number of amides is 1. The minimum Gasteiger partial charge on any atom is -0.492 e. The lowest BCUT2D eigenvalue weighted by Crippen LogP contribution is -2.28. The highest BCUT2D eigenvalue weighted by Crippen LogP contribution is 2.14. The number of carbonyl (C=O) groups excluding carboxylic acids is 1. The Kier molecular flexibility index (Phi) is 4.61. The number of ether oxygens (including phenoxy) is 1. The molecule has 3 rings (SSSR count). The van der Waals surface area contributed by atoms with Crippen LogP contribution in [0.4, 0.5) is 0 Å². The Hall–Kier alpha value is -3.08. The van der Waals surface area contributed by atoms with Crippen LogP contribution in [0.1, 0.15) is 16.1 Å². The van der Waals surface area contributed by atoms with E-state index in [1.54, 1.807) is 18.2 Å². The summed E-state index contributed by atoms with van der Waals surface area (Å²) >= 11 is 0. The highest BCUT2D eigenvalue weighted by molar-refractivity contribution is 5.95. The van der Waals surface area contributed by atoms with Crippen molar-refractivity contribution in [3.8, 4) is 5.75 Å². The third-order valence-electron chi connectivity index (χ3n) is 3.54. The molecule has 24 heavy (non-hydrogen) atoms. The summed E-state index contributed by atoms with van der Waals surface area (Å²) in [5.41, 5.74) is 0.451. The van der Waals surface area contributed by atoms with Gasteiger partial charge in [0.1, 0.15) is 12.4 Å². The molecule has 0 spiro atoms. The SMILES string of the molecule is Cc1ccc2cc(C(=O)NCCOc3ccccc3)oc(=O)c2c1. The van der Waals surface area contributed by atoms with Gasteiger partial charge in [-0.05, 0) is 36.6 Å². The summed E-state index contributed by atoms with van der Waals surface area (Å²) in [6.45, 7) is 2.53. The Morgan fingerprint density at radius 1 is 1.12 bits per heavy atom. The third-order valence-corrected chi connectivity index (χ3v) is 3.54. The molecule has 3 aromatic rings. The fraction of sp³-hybridized carbons (Fsp3) is 0.158. The molecule has 0 atom stereocenters. The zero-order chi connectivity index (χ0) is 16.9. The standard InChI is InChI=1S/C19H17NO4/c1-13-7-8-14-12-17(24-19(22)16(14)11-13)18(21)20-9-10-23-15-5-3-2-4-6-15/h2-8,11-12H,9-10H2,1H3,(H,20,21). The third kappa shape index (κ3) is 3.63. The monoisotopic (exact) mass is 323 g/mol. The maximum Gasteiger partial charge on any atom is 0.344 e. The van der Waals surface area contributed by atoms with Gasteiger partial charge in [0.2, 0.25) is 0 Å². The van der Waals surface area contributed by atoms with E-state index in [0.717, 1.165) is 11.3 Å². The van der Waals surface area contributed by atoms with Crippen LogP contribution in [0, 0.1) is 6.92 Å². The second-order valence-electron chi connectivity index (χ2n) is 5.41. The Bertz CT molecular complexity index is 916. The van der Waals surface area contributed by atoms with Gasteiger partial charge < -0.3 is 14.5 Å². The molecule has 5 heteroatoms. The van der Waals surface area contributed by atoms with Gasteiger partial charge in [0.15, 0.2) is 5.76 Å². The van der Waals surface area contributed by atoms with Crippen molar-refractivity contribution in [2.75, 3.05) is 13.2 Å². The van der Waals surface area contributed by atoms with E-state index in [2.05, 4.69) is 5.32 Å². The van der Waals surface area contributed by atoms with Gasteiger partial charge in [0.25, 0.3) is 5.91 Å². The molecule has 1 heterocycles. The van der Waals surface area contributed by atoms with Crippen LogP contribution in [0.3, 0.4) is 0 Å². The summed E-state index contributed by atoms with van der Waals surface area (Å²) in [6, 6.07) is 16.3. The number of rotatable bonds is 5. The largest absolute Gasteiger partial charge is 0.492 e. The zero-order valence-corrected chi connectivity index (χ0v) is 13.2. The van der Waals surface area contributed by atoms with Crippen molar-refractivity contribution in [3.63, 3.8) is 0 Å². The first kappa shape index (κ1) is 15.8. The Morgan fingerprint density at radius 3 is 2.71 bits per heavy atom. The molecular formula is C19H17NO4. The molecule has 1 aromatic heterocycles. The number of fused-ring (bicyclic) bond motifs is 1. The van der Waals surface area contributed by atoms with E-state index in [1.165, 1.54) is 0 Å². The first-order valence-electron chi connectivity index (χ1n) is 7.64. The van der Waals surface area contributed by atoms with Crippen molar-refractivity contribution < 1.29 is 13.9 Å². The second-order valence-corrected chi connectivity index (χ2v) is 5.41. The average molecular weight is 323 g/mol. The highest BCUT2D eigenvalue weighted by atomic mass is 16.5. The average Bonchev–Trinajstić information content (AvgIpc) is 2.60. The summed E-state index contributed by atoms with van der Waals surface area (Å²) < 4.78 is 10.6. The minimum atomic E-state index is -0.512. The number of hydrogen-bond donors (Lipinski definition) is 1. The van der Waals surface area contributed by atoms with Crippen LogP contribution in [0.5, 0.6) is 5.75 Å². The molecule has 0 unspecified atom stereocenters. The maximum absolute atomic E-state index is 12.1. The molecule has 122 valence electrons. The van der Waals surface area contributed by atoms with E-state index in [4.69, 9.17) is 9.15 Å². The van der Waals surface area contributed by atoms with Crippen LogP contribution >= 0.6 is 0 Å². The molecule has 5 nitrogen and oxygen atoms in total. The van der Waals surface area contributed by atoms with Gasteiger partial charge >= 0.3 is 5.63 Å². The zero-order valence-electron chi connectivity index (χ0n) is 13.2. The van der Waals surface area contributed by atoms with E-state index in [1.807, 2.05) is 43.3 Å². The molecule has 0 aliphatic rings. The molecule has 0 bridgehead atoms. The molecule has 1 amide bonds. The lowest BCUT2D eigenvalue weighted by molar-refractivity contribution is 0.0915. The maximum atomic E-state index is 12.1. The van der Waals surface area contributed by atoms with Gasteiger partial charge in [0, 0.05) is 0 Å². The number of hydrogen-bond acceptors (Lipinski definition) is 4. The van der Waals surface area contributed by atoms with Gasteiger partial charge in [-0.2, -0.15) is 0 Å². The lowest BCUT2D eigenvalue weighted by atomic mass is 10.1. The molecule has 1 N–H and O–H groups in total. The van der Waals surface area contributed by atoms with Crippen molar-refractivity contribution in [3.05, 3.63) is 76.3 Å². The van der Waals surface area contributed by atoms with Gasteiger partial charge in [-0.1, -0.05) is 35.9 Å². The number of benzene rings is 2. The fourth-order valence-electron chi connectivity index (χ4n) is 2.35. The van der Waals surface area contributed by atoms with Crippen molar-refractivity contribution in [1.82, 2.24) is 5.32 Å². The van der Waals surface area contributed by atoms with Crippen LogP contribution in [0.2, 0.25) is 0 Å². The second kappa shape index (κ2) is 7.00. The summed E-state index contributed by atoms with van der Waals surface area (Å²) in [7, 11) is 0. The smallest absolute Gasteiger partial charge is 0.344 e. The van der Waals surface area contributed by atoms with Crippen LogP contribution in [-0.4, -0.2) is 19.1 Å². The van der Waals surface area contributed by atoms with E-state index in [0.29, 0.717) is 23.9 Å². The quantitative estimate of drug-likeness (QED) is 0.733. The van der Waals surface area contributed by atoms with E-state index < -0.39 is 11.5 Å². The topological polar surface area (TPSA) is 68.5 Å². The molecule has 0 aliphatic heterocycles. The van der Waals surface area contributed by atoms with Crippen molar-refractivity contribution in [1.29, 1.82) is 0 Å². The van der Waals surface area contributed by atoms with Crippen molar-refractivity contribution in [2.24, 2.45) is 0 Å². The molecule has 2 aromatic carbocycles. The van der Waals surface area contributed by atoms with Crippen molar-refractivity contribution >= 4 is 16.7 Å². The van der Waals surface area contributed by atoms with Gasteiger partial charge in [-0.15, -0.1) is 0 Å². The van der Waals surface area contributed by atoms with E-state index in [9.17, 15) is 9.59 Å². The van der Waals surface area contributed by atoms with Gasteiger partial charge in [0.05, 0.1) is 11.9 Å². The first-order valence-corrected chi connectivity index (χ1v) is 7.64. The summed E-state index contributed by atoms with van der Waals surface area (Å²) in [5.74, 6) is 0.293. The van der Waals surface area contributed by atoms with Crippen LogP contribution in [0.15, 0.2) is 63.8 Å². The van der Waals surface area contributed by atoms with Crippen LogP contribution in [-0.2, 0) is 0 Å². The molecular weight excluding hydrogens is 306 g/mol. The number of nitrogens with one attached hydrogen (secondary N) is 1. The van der Waals surface area contributed by atoms with E-state index >= 15 is 0 Å². The number of carbonyl (C=O) groups is 1. The molecule has 0 fully saturated rings. The van der Waals surface area contributed by atoms with Crippen LogP contribution < -0.4 is 15.7 Å². The molecule has 0 aliphatic carbocycles.